The molecular formula is C9H13F4NO. The Morgan fingerprint density at radius 2 is 2.07 bits per heavy atom. The highest BCUT2D eigenvalue weighted by atomic mass is 19.3. The molecule has 0 aromatic heterocycles. The highest BCUT2D eigenvalue weighted by molar-refractivity contribution is 5.84. The van der Waals surface area contributed by atoms with Gasteiger partial charge in [-0.3, -0.25) is 4.79 Å². The van der Waals surface area contributed by atoms with E-state index < -0.39 is 18.3 Å². The second-order valence-electron chi connectivity index (χ2n) is 3.92. The van der Waals surface area contributed by atoms with E-state index in [-0.39, 0.29) is 19.0 Å². The molecule has 88 valence electrons. The molecule has 0 aromatic rings. The van der Waals surface area contributed by atoms with E-state index in [9.17, 15) is 22.4 Å². The zero-order valence-corrected chi connectivity index (χ0v) is 8.35. The van der Waals surface area contributed by atoms with Crippen LogP contribution in [0.25, 0.3) is 0 Å². The number of piperidine rings is 1. The Kier molecular flexibility index (Phi) is 3.57. The van der Waals surface area contributed by atoms with Crippen LogP contribution in [0.15, 0.2) is 0 Å². The second-order valence-corrected chi connectivity index (χ2v) is 3.92. The molecule has 0 spiro atoms. The molecule has 0 aromatic carbocycles. The van der Waals surface area contributed by atoms with E-state index in [2.05, 4.69) is 0 Å². The third kappa shape index (κ3) is 2.60. The summed E-state index contributed by atoms with van der Waals surface area (Å²) in [6, 6.07) is 0. The quantitative estimate of drug-likeness (QED) is 0.662. The summed E-state index contributed by atoms with van der Waals surface area (Å²) < 4.78 is 49.3. The van der Waals surface area contributed by atoms with Crippen LogP contribution in [-0.2, 0) is 4.79 Å². The number of carbonyl (C=O) groups is 1. The summed E-state index contributed by atoms with van der Waals surface area (Å²) in [6.45, 7) is 2.09. The largest absolute Gasteiger partial charge is 0.383 e. The first kappa shape index (κ1) is 12.3. The third-order valence-corrected chi connectivity index (χ3v) is 2.50. The standard InChI is InChI=1S/C9H13F4NO/c1-6-3-2-4-14(5-6)8(15)9(12,13)7(10)11/h6-7H,2-5H2,1H3. The molecule has 6 heteroatoms. The van der Waals surface area contributed by atoms with Gasteiger partial charge in [-0.15, -0.1) is 0 Å². The Bertz CT molecular complexity index is 244. The van der Waals surface area contributed by atoms with E-state index in [1.165, 1.54) is 0 Å². The number of nitrogens with zero attached hydrogens (tertiary/aromatic N) is 1. The number of carbonyl (C=O) groups excluding carboxylic acids is 1. The van der Waals surface area contributed by atoms with Crippen LogP contribution >= 0.6 is 0 Å². The fourth-order valence-electron chi connectivity index (χ4n) is 1.68. The molecule has 1 saturated heterocycles. The van der Waals surface area contributed by atoms with Gasteiger partial charge in [-0.05, 0) is 18.8 Å². The number of halogens is 4. The van der Waals surface area contributed by atoms with Crippen LogP contribution in [-0.4, -0.2) is 36.2 Å². The van der Waals surface area contributed by atoms with Gasteiger partial charge in [-0.1, -0.05) is 6.92 Å². The fraction of sp³-hybridized carbons (Fsp3) is 0.889. The normalized spacial score (nSPS) is 23.3. The predicted octanol–water partition coefficient (Wildman–Crippen LogP) is 2.15. The van der Waals surface area contributed by atoms with E-state index in [1.807, 2.05) is 0 Å². The molecule has 1 amide bonds. The average molecular weight is 227 g/mol. The molecular weight excluding hydrogens is 214 g/mol. The Morgan fingerprint density at radius 3 is 2.53 bits per heavy atom. The smallest absolute Gasteiger partial charge is 0.337 e. The first-order valence-electron chi connectivity index (χ1n) is 4.81. The molecule has 0 N–H and O–H groups in total. The van der Waals surface area contributed by atoms with Gasteiger partial charge in [-0.2, -0.15) is 8.78 Å². The first-order valence-corrected chi connectivity index (χ1v) is 4.81. The Labute approximate surface area is 85.2 Å². The molecule has 15 heavy (non-hydrogen) atoms. The second kappa shape index (κ2) is 4.37. The van der Waals surface area contributed by atoms with E-state index >= 15 is 0 Å². The summed E-state index contributed by atoms with van der Waals surface area (Å²) >= 11 is 0. The lowest BCUT2D eigenvalue weighted by Crippen LogP contribution is -2.50. The zero-order valence-electron chi connectivity index (χ0n) is 8.35. The van der Waals surface area contributed by atoms with Gasteiger partial charge < -0.3 is 4.90 Å². The van der Waals surface area contributed by atoms with Gasteiger partial charge >= 0.3 is 12.3 Å². The van der Waals surface area contributed by atoms with Crippen LogP contribution in [0, 0.1) is 5.92 Å². The lowest BCUT2D eigenvalue weighted by atomic mass is 10.00. The van der Waals surface area contributed by atoms with Gasteiger partial charge in [0.25, 0.3) is 5.91 Å². The van der Waals surface area contributed by atoms with Crippen molar-refractivity contribution in [1.29, 1.82) is 0 Å². The summed E-state index contributed by atoms with van der Waals surface area (Å²) in [7, 11) is 0. The summed E-state index contributed by atoms with van der Waals surface area (Å²) in [5.74, 6) is -6.20. The summed E-state index contributed by atoms with van der Waals surface area (Å²) in [5.41, 5.74) is 0. The summed E-state index contributed by atoms with van der Waals surface area (Å²) in [6.07, 6.45) is -2.50. The number of amides is 1. The number of hydrogen-bond donors (Lipinski definition) is 0. The van der Waals surface area contributed by atoms with Gasteiger partial charge in [0.05, 0.1) is 0 Å². The van der Waals surface area contributed by atoms with Crippen molar-refractivity contribution < 1.29 is 22.4 Å². The van der Waals surface area contributed by atoms with Crippen molar-refractivity contribution in [3.8, 4) is 0 Å². The minimum Gasteiger partial charge on any atom is -0.337 e. The van der Waals surface area contributed by atoms with Crippen LogP contribution in [0.4, 0.5) is 17.6 Å². The molecule has 1 rings (SSSR count). The van der Waals surface area contributed by atoms with Gasteiger partial charge in [0.1, 0.15) is 0 Å². The van der Waals surface area contributed by atoms with Gasteiger partial charge in [-0.25, -0.2) is 8.78 Å². The van der Waals surface area contributed by atoms with Crippen molar-refractivity contribution in [3.63, 3.8) is 0 Å². The Balaban J connectivity index is 2.67. The van der Waals surface area contributed by atoms with Crippen molar-refractivity contribution in [1.82, 2.24) is 4.90 Å². The molecule has 1 unspecified atom stereocenters. The Morgan fingerprint density at radius 1 is 1.47 bits per heavy atom. The maximum atomic E-state index is 12.7. The van der Waals surface area contributed by atoms with Crippen molar-refractivity contribution >= 4 is 5.91 Å². The minimum absolute atomic E-state index is 0.0937. The van der Waals surface area contributed by atoms with Crippen molar-refractivity contribution in [3.05, 3.63) is 0 Å². The van der Waals surface area contributed by atoms with E-state index in [0.29, 0.717) is 6.42 Å². The number of likely N-dealkylation sites (tertiary alicyclic amines) is 1. The summed E-state index contributed by atoms with van der Waals surface area (Å²) in [5, 5.41) is 0. The maximum absolute atomic E-state index is 12.7. The van der Waals surface area contributed by atoms with Crippen molar-refractivity contribution in [2.75, 3.05) is 13.1 Å². The number of rotatable bonds is 2. The van der Waals surface area contributed by atoms with Crippen LogP contribution < -0.4 is 0 Å². The van der Waals surface area contributed by atoms with Gasteiger partial charge in [0, 0.05) is 13.1 Å². The van der Waals surface area contributed by atoms with Crippen LogP contribution in [0.1, 0.15) is 19.8 Å². The molecule has 1 aliphatic rings. The van der Waals surface area contributed by atoms with Crippen molar-refractivity contribution in [2.24, 2.45) is 5.92 Å². The van der Waals surface area contributed by atoms with E-state index in [1.54, 1.807) is 6.92 Å². The van der Waals surface area contributed by atoms with Crippen LogP contribution in [0.5, 0.6) is 0 Å². The van der Waals surface area contributed by atoms with Gasteiger partial charge in [0.15, 0.2) is 0 Å². The highest BCUT2D eigenvalue weighted by Gasteiger charge is 2.51. The van der Waals surface area contributed by atoms with Crippen LogP contribution in [0.3, 0.4) is 0 Å². The molecule has 1 heterocycles. The highest BCUT2D eigenvalue weighted by Crippen LogP contribution is 2.27. The molecule has 1 atom stereocenters. The van der Waals surface area contributed by atoms with Crippen molar-refractivity contribution in [2.45, 2.75) is 32.1 Å². The van der Waals surface area contributed by atoms with Gasteiger partial charge in [0.2, 0.25) is 0 Å². The number of hydrogen-bond acceptors (Lipinski definition) is 1. The maximum Gasteiger partial charge on any atom is 0.383 e. The minimum atomic E-state index is -4.54. The molecule has 0 aliphatic carbocycles. The topological polar surface area (TPSA) is 20.3 Å². The van der Waals surface area contributed by atoms with E-state index in [0.717, 1.165) is 11.3 Å². The van der Waals surface area contributed by atoms with Crippen LogP contribution in [0.2, 0.25) is 0 Å². The third-order valence-electron chi connectivity index (χ3n) is 2.50. The lowest BCUT2D eigenvalue weighted by Gasteiger charge is -2.33. The number of alkyl halides is 4. The molecule has 2 nitrogen and oxygen atoms in total. The molecule has 0 saturated carbocycles. The van der Waals surface area contributed by atoms with E-state index in [4.69, 9.17) is 0 Å². The first-order chi connectivity index (χ1) is 6.85. The summed E-state index contributed by atoms with van der Waals surface area (Å²) in [4.78, 5) is 11.9. The molecule has 1 aliphatic heterocycles. The predicted molar refractivity (Wildman–Crippen MR) is 45.9 cm³/mol. The molecule has 0 bridgehead atoms. The Hall–Kier alpha value is -0.810. The average Bonchev–Trinajstić information content (AvgIpc) is 2.16. The molecule has 1 fully saturated rings. The zero-order chi connectivity index (χ0) is 11.6. The fourth-order valence-corrected chi connectivity index (χ4v) is 1.68. The SMILES string of the molecule is CC1CCCN(C(=O)C(F)(F)C(F)F)C1. The molecule has 0 radical (unpaired) electrons. The monoisotopic (exact) mass is 227 g/mol. The lowest BCUT2D eigenvalue weighted by molar-refractivity contribution is -0.182.